The fourth-order valence-electron chi connectivity index (χ4n) is 2.13. The molecule has 4 nitrogen and oxygen atoms in total. The van der Waals surface area contributed by atoms with Crippen LogP contribution in [0.3, 0.4) is 0 Å². The molecule has 4 heteroatoms. The molecule has 1 atom stereocenters. The lowest BCUT2D eigenvalue weighted by atomic mass is 9.77. The average Bonchev–Trinajstić information content (AvgIpc) is 2.72. The molecule has 0 amide bonds. The second kappa shape index (κ2) is 4.05. The van der Waals surface area contributed by atoms with Crippen molar-refractivity contribution in [1.82, 2.24) is 0 Å². The minimum atomic E-state index is -1.42. The van der Waals surface area contributed by atoms with Crippen molar-refractivity contribution < 1.29 is 19.4 Å². The smallest absolute Gasteiger partial charge is 0.324 e. The van der Waals surface area contributed by atoms with Crippen molar-refractivity contribution in [3.63, 3.8) is 0 Å². The summed E-state index contributed by atoms with van der Waals surface area (Å²) >= 11 is 0. The summed E-state index contributed by atoms with van der Waals surface area (Å²) in [5.74, 6) is -1.07. The summed E-state index contributed by atoms with van der Waals surface area (Å²) in [7, 11) is 1.23. The van der Waals surface area contributed by atoms with Gasteiger partial charge in [0.2, 0.25) is 0 Å². The first-order valence-corrected chi connectivity index (χ1v) is 5.21. The molecular weight excluding hydrogens is 220 g/mol. The Kier molecular flexibility index (Phi) is 2.71. The number of para-hydroxylation sites is 1. The fourth-order valence-corrected chi connectivity index (χ4v) is 2.13. The molecule has 0 aliphatic heterocycles. The number of hydrogen-bond donors (Lipinski definition) is 1. The third-order valence-corrected chi connectivity index (χ3v) is 3.01. The molecule has 0 saturated carbocycles. The number of carbonyl (C=O) groups is 2. The van der Waals surface area contributed by atoms with E-state index in [0.717, 1.165) is 0 Å². The van der Waals surface area contributed by atoms with Gasteiger partial charge < -0.3 is 9.84 Å². The number of aromatic hydroxyl groups is 1. The second-order valence-corrected chi connectivity index (χ2v) is 3.88. The van der Waals surface area contributed by atoms with Crippen molar-refractivity contribution in [1.29, 1.82) is 0 Å². The van der Waals surface area contributed by atoms with Crippen molar-refractivity contribution in [3.8, 4) is 5.75 Å². The van der Waals surface area contributed by atoms with Crippen molar-refractivity contribution >= 4 is 11.8 Å². The Balaban J connectivity index is 2.61. The van der Waals surface area contributed by atoms with Crippen LogP contribution in [0.4, 0.5) is 0 Å². The Hall–Kier alpha value is -2.10. The van der Waals surface area contributed by atoms with Gasteiger partial charge in [0.25, 0.3) is 0 Å². The standard InChI is InChI=1S/C13H12O4/c1-17-12(16)13(8-4-7-11(13)15)9-5-2-3-6-10(9)14/h2-7,14H,8H2,1H3. The minimum Gasteiger partial charge on any atom is -0.508 e. The van der Waals surface area contributed by atoms with Crippen molar-refractivity contribution in [3.05, 3.63) is 42.0 Å². The maximum Gasteiger partial charge on any atom is 0.324 e. The lowest BCUT2D eigenvalue weighted by Crippen LogP contribution is -2.41. The monoisotopic (exact) mass is 232 g/mol. The molecule has 0 fully saturated rings. The number of ketones is 1. The second-order valence-electron chi connectivity index (χ2n) is 3.88. The molecule has 88 valence electrons. The number of ether oxygens (including phenoxy) is 1. The number of phenolic OH excluding ortho intramolecular Hbond substituents is 1. The first-order chi connectivity index (χ1) is 8.13. The van der Waals surface area contributed by atoms with E-state index < -0.39 is 11.4 Å². The third kappa shape index (κ3) is 1.53. The summed E-state index contributed by atoms with van der Waals surface area (Å²) < 4.78 is 4.71. The minimum absolute atomic E-state index is 0.0741. The van der Waals surface area contributed by atoms with E-state index in [1.165, 1.54) is 19.3 Å². The number of allylic oxidation sites excluding steroid dienone is 2. The summed E-state index contributed by atoms with van der Waals surface area (Å²) in [4.78, 5) is 23.9. The van der Waals surface area contributed by atoms with Gasteiger partial charge in [-0.25, -0.2) is 0 Å². The Bertz CT molecular complexity index is 504. The number of benzene rings is 1. The summed E-state index contributed by atoms with van der Waals surface area (Å²) in [5.41, 5.74) is -1.12. The van der Waals surface area contributed by atoms with Gasteiger partial charge in [0.15, 0.2) is 11.2 Å². The molecule has 0 heterocycles. The summed E-state index contributed by atoms with van der Waals surface area (Å²) in [6.45, 7) is 0. The van der Waals surface area contributed by atoms with Gasteiger partial charge >= 0.3 is 5.97 Å². The highest BCUT2D eigenvalue weighted by Crippen LogP contribution is 2.39. The quantitative estimate of drug-likeness (QED) is 0.617. The molecule has 0 radical (unpaired) electrons. The van der Waals surface area contributed by atoms with Gasteiger partial charge in [-0.05, 0) is 18.6 Å². The normalized spacial score (nSPS) is 22.8. The molecule has 1 unspecified atom stereocenters. The number of rotatable bonds is 2. The SMILES string of the molecule is COC(=O)C1(c2ccccc2O)CC=CC1=O. The third-order valence-electron chi connectivity index (χ3n) is 3.01. The van der Waals surface area contributed by atoms with Crippen molar-refractivity contribution in [2.45, 2.75) is 11.8 Å². The van der Waals surface area contributed by atoms with Crippen LogP contribution in [0.15, 0.2) is 36.4 Å². The predicted octanol–water partition coefficient (Wildman–Crippen LogP) is 1.33. The van der Waals surface area contributed by atoms with E-state index in [-0.39, 0.29) is 18.0 Å². The maximum atomic E-state index is 12.0. The molecule has 0 aromatic heterocycles. The lowest BCUT2D eigenvalue weighted by Gasteiger charge is -2.25. The highest BCUT2D eigenvalue weighted by molar-refractivity contribution is 6.16. The van der Waals surface area contributed by atoms with Gasteiger partial charge in [0, 0.05) is 5.56 Å². The van der Waals surface area contributed by atoms with E-state index in [4.69, 9.17) is 4.74 Å². The number of esters is 1. The number of carbonyl (C=O) groups excluding carboxylic acids is 2. The Morgan fingerprint density at radius 2 is 2.12 bits per heavy atom. The van der Waals surface area contributed by atoms with E-state index in [1.54, 1.807) is 24.3 Å². The van der Waals surface area contributed by atoms with E-state index in [0.29, 0.717) is 5.56 Å². The highest BCUT2D eigenvalue weighted by Gasteiger charge is 2.50. The van der Waals surface area contributed by atoms with E-state index in [9.17, 15) is 14.7 Å². The van der Waals surface area contributed by atoms with E-state index in [1.807, 2.05) is 0 Å². The van der Waals surface area contributed by atoms with Crippen molar-refractivity contribution in [2.75, 3.05) is 7.11 Å². The molecule has 0 spiro atoms. The fraction of sp³-hybridized carbons (Fsp3) is 0.231. The molecule has 0 saturated heterocycles. The first kappa shape index (κ1) is 11.4. The molecule has 1 aromatic carbocycles. The molecule has 2 rings (SSSR count). The molecule has 1 aromatic rings. The summed E-state index contributed by atoms with van der Waals surface area (Å²) in [5, 5.41) is 9.81. The van der Waals surface area contributed by atoms with Crippen molar-refractivity contribution in [2.24, 2.45) is 0 Å². The van der Waals surface area contributed by atoms with Crippen LogP contribution in [0.2, 0.25) is 0 Å². The zero-order chi connectivity index (χ0) is 12.5. The zero-order valence-electron chi connectivity index (χ0n) is 9.34. The summed E-state index contributed by atoms with van der Waals surface area (Å²) in [6, 6.07) is 6.32. The van der Waals surface area contributed by atoms with Crippen LogP contribution in [0.5, 0.6) is 5.75 Å². The molecule has 0 bridgehead atoms. The highest BCUT2D eigenvalue weighted by atomic mass is 16.5. The van der Waals surface area contributed by atoms with Crippen LogP contribution in [-0.4, -0.2) is 24.0 Å². The lowest BCUT2D eigenvalue weighted by molar-refractivity contribution is -0.150. The van der Waals surface area contributed by atoms with E-state index in [2.05, 4.69) is 0 Å². The topological polar surface area (TPSA) is 63.6 Å². The molecule has 1 N–H and O–H groups in total. The van der Waals surface area contributed by atoms with Crippen LogP contribution in [0.25, 0.3) is 0 Å². The van der Waals surface area contributed by atoms with Gasteiger partial charge in [0.1, 0.15) is 5.75 Å². The Morgan fingerprint density at radius 1 is 1.41 bits per heavy atom. The maximum absolute atomic E-state index is 12.0. The van der Waals surface area contributed by atoms with Crippen LogP contribution in [0.1, 0.15) is 12.0 Å². The van der Waals surface area contributed by atoms with Crippen LogP contribution >= 0.6 is 0 Å². The van der Waals surface area contributed by atoms with Gasteiger partial charge in [0.05, 0.1) is 7.11 Å². The van der Waals surface area contributed by atoms with Gasteiger partial charge in [-0.3, -0.25) is 9.59 Å². The molecule has 1 aliphatic carbocycles. The Labute approximate surface area is 98.5 Å². The van der Waals surface area contributed by atoms with Gasteiger partial charge in [-0.1, -0.05) is 24.3 Å². The molecular formula is C13H12O4. The predicted molar refractivity (Wildman–Crippen MR) is 60.6 cm³/mol. The van der Waals surface area contributed by atoms with Crippen LogP contribution in [-0.2, 0) is 19.7 Å². The average molecular weight is 232 g/mol. The first-order valence-electron chi connectivity index (χ1n) is 5.21. The van der Waals surface area contributed by atoms with Gasteiger partial charge in [-0.2, -0.15) is 0 Å². The molecule has 1 aliphatic rings. The van der Waals surface area contributed by atoms with Crippen LogP contribution in [0, 0.1) is 0 Å². The van der Waals surface area contributed by atoms with Crippen LogP contribution < -0.4 is 0 Å². The molecule has 17 heavy (non-hydrogen) atoms. The number of methoxy groups -OCH3 is 1. The largest absolute Gasteiger partial charge is 0.508 e. The van der Waals surface area contributed by atoms with Gasteiger partial charge in [-0.15, -0.1) is 0 Å². The van der Waals surface area contributed by atoms with E-state index >= 15 is 0 Å². The Morgan fingerprint density at radius 3 is 2.65 bits per heavy atom. The number of phenols is 1. The summed E-state index contributed by atoms with van der Waals surface area (Å²) in [6.07, 6.45) is 3.19. The number of hydrogen-bond acceptors (Lipinski definition) is 4. The zero-order valence-corrected chi connectivity index (χ0v) is 9.34.